The van der Waals surface area contributed by atoms with E-state index in [2.05, 4.69) is 20.7 Å². The van der Waals surface area contributed by atoms with Crippen molar-refractivity contribution in [1.29, 1.82) is 5.26 Å². The molecule has 1 aromatic heterocycles. The van der Waals surface area contributed by atoms with Gasteiger partial charge < -0.3 is 10.7 Å². The molecular formula is C11H8FN7O2. The smallest absolute Gasteiger partial charge is 0.332 e. The van der Waals surface area contributed by atoms with Gasteiger partial charge in [-0.25, -0.2) is 20.2 Å². The molecule has 106 valence electrons. The number of rotatable bonds is 4. The fourth-order valence-corrected chi connectivity index (χ4v) is 1.56. The topological polar surface area (TPSA) is 143 Å². The highest BCUT2D eigenvalue weighted by Crippen LogP contribution is 2.31. The molecule has 0 bridgehead atoms. The van der Waals surface area contributed by atoms with E-state index in [1.54, 1.807) is 6.07 Å². The van der Waals surface area contributed by atoms with E-state index in [0.29, 0.717) is 0 Å². The molecule has 0 atom stereocenters. The molecule has 0 amide bonds. The second-order valence-electron chi connectivity index (χ2n) is 3.75. The third-order valence-electron chi connectivity index (χ3n) is 2.49. The maximum Gasteiger partial charge on any atom is 0.354 e. The molecule has 0 saturated carbocycles. The Bertz CT molecular complexity index is 744. The van der Waals surface area contributed by atoms with Crippen LogP contribution in [0.3, 0.4) is 0 Å². The summed E-state index contributed by atoms with van der Waals surface area (Å²) in [6, 6.07) is 5.41. The summed E-state index contributed by atoms with van der Waals surface area (Å²) < 4.78 is 13.8. The molecule has 1 aromatic carbocycles. The Morgan fingerprint density at radius 2 is 2.10 bits per heavy atom. The highest BCUT2D eigenvalue weighted by Gasteiger charge is 2.23. The van der Waals surface area contributed by atoms with E-state index in [4.69, 9.17) is 11.1 Å². The summed E-state index contributed by atoms with van der Waals surface area (Å²) in [5.74, 6) is 3.94. The zero-order valence-corrected chi connectivity index (χ0v) is 10.4. The summed E-state index contributed by atoms with van der Waals surface area (Å²) in [5.41, 5.74) is 1.60. The van der Waals surface area contributed by atoms with E-state index < -0.39 is 16.4 Å². The minimum atomic E-state index is -0.751. The zero-order valence-electron chi connectivity index (χ0n) is 10.4. The van der Waals surface area contributed by atoms with Crippen molar-refractivity contribution in [3.63, 3.8) is 0 Å². The average Bonchev–Trinajstić information content (AvgIpc) is 2.48. The Kier molecular flexibility index (Phi) is 3.87. The summed E-state index contributed by atoms with van der Waals surface area (Å²) in [5, 5.41) is 22.2. The number of nitrogens with two attached hydrogens (primary N) is 1. The summed E-state index contributed by atoms with van der Waals surface area (Å²) in [4.78, 5) is 17.6. The van der Waals surface area contributed by atoms with Gasteiger partial charge in [-0.15, -0.1) is 0 Å². The lowest BCUT2D eigenvalue weighted by atomic mass is 10.2. The number of benzene rings is 1. The lowest BCUT2D eigenvalue weighted by Gasteiger charge is -2.08. The van der Waals surface area contributed by atoms with Crippen molar-refractivity contribution in [3.8, 4) is 6.07 Å². The fourth-order valence-electron chi connectivity index (χ4n) is 1.56. The van der Waals surface area contributed by atoms with Crippen molar-refractivity contribution < 1.29 is 9.31 Å². The van der Waals surface area contributed by atoms with Gasteiger partial charge in [-0.3, -0.25) is 10.1 Å². The van der Waals surface area contributed by atoms with Gasteiger partial charge >= 0.3 is 5.69 Å². The van der Waals surface area contributed by atoms with Crippen LogP contribution in [0.4, 0.5) is 27.4 Å². The normalized spacial score (nSPS) is 9.76. The van der Waals surface area contributed by atoms with Gasteiger partial charge in [0, 0.05) is 0 Å². The molecule has 0 fully saturated rings. The first-order chi connectivity index (χ1) is 10.1. The van der Waals surface area contributed by atoms with Gasteiger partial charge in [-0.1, -0.05) is 0 Å². The molecule has 0 saturated heterocycles. The van der Waals surface area contributed by atoms with Crippen molar-refractivity contribution in [2.24, 2.45) is 5.84 Å². The maximum absolute atomic E-state index is 13.8. The first-order valence-corrected chi connectivity index (χ1v) is 5.49. The second-order valence-corrected chi connectivity index (χ2v) is 3.75. The Morgan fingerprint density at radius 1 is 1.38 bits per heavy atom. The van der Waals surface area contributed by atoms with Gasteiger partial charge in [0.15, 0.2) is 0 Å². The minimum Gasteiger partial charge on any atom is -0.332 e. The van der Waals surface area contributed by atoms with Crippen molar-refractivity contribution in [2.75, 3.05) is 10.7 Å². The van der Waals surface area contributed by atoms with E-state index in [0.717, 1.165) is 12.4 Å². The lowest BCUT2D eigenvalue weighted by Crippen LogP contribution is -2.13. The zero-order chi connectivity index (χ0) is 15.4. The quantitative estimate of drug-likeness (QED) is 0.435. The largest absolute Gasteiger partial charge is 0.354 e. The van der Waals surface area contributed by atoms with Gasteiger partial charge in [0.1, 0.15) is 12.1 Å². The van der Waals surface area contributed by atoms with Gasteiger partial charge in [0.2, 0.25) is 11.6 Å². The number of nitrogen functional groups attached to an aromatic ring is 1. The third-order valence-corrected chi connectivity index (χ3v) is 2.49. The maximum atomic E-state index is 13.8. The molecule has 10 heteroatoms. The van der Waals surface area contributed by atoms with Crippen LogP contribution in [0.2, 0.25) is 0 Å². The Labute approximate surface area is 117 Å². The molecule has 0 aliphatic carbocycles. The molecule has 9 nitrogen and oxygen atoms in total. The molecule has 0 aliphatic heterocycles. The first-order valence-electron chi connectivity index (χ1n) is 5.49. The van der Waals surface area contributed by atoms with Crippen LogP contribution in [0.25, 0.3) is 0 Å². The number of hydrogen-bond donors (Lipinski definition) is 3. The molecule has 21 heavy (non-hydrogen) atoms. The van der Waals surface area contributed by atoms with E-state index >= 15 is 0 Å². The highest BCUT2D eigenvalue weighted by molar-refractivity contribution is 5.73. The second kappa shape index (κ2) is 5.76. The number of nitro groups is 1. The van der Waals surface area contributed by atoms with Crippen molar-refractivity contribution >= 4 is 23.0 Å². The van der Waals surface area contributed by atoms with Crippen LogP contribution in [-0.2, 0) is 0 Å². The Morgan fingerprint density at radius 3 is 2.67 bits per heavy atom. The number of anilines is 3. The SMILES string of the molecule is N#Cc1ccc(Nc2ncnc(NN)c2[N+](=O)[O-])c(F)c1. The van der Waals surface area contributed by atoms with Crippen molar-refractivity contribution in [3.05, 3.63) is 46.0 Å². The van der Waals surface area contributed by atoms with Crippen LogP contribution in [0, 0.1) is 27.3 Å². The van der Waals surface area contributed by atoms with Crippen LogP contribution in [-0.4, -0.2) is 14.9 Å². The van der Waals surface area contributed by atoms with Crippen LogP contribution in [0.5, 0.6) is 0 Å². The molecule has 0 aliphatic rings. The molecule has 2 aromatic rings. The molecule has 0 radical (unpaired) electrons. The van der Waals surface area contributed by atoms with E-state index in [9.17, 15) is 14.5 Å². The Hall–Kier alpha value is -3.32. The van der Waals surface area contributed by atoms with Crippen molar-refractivity contribution in [1.82, 2.24) is 9.97 Å². The lowest BCUT2D eigenvalue weighted by molar-refractivity contribution is -0.383. The van der Waals surface area contributed by atoms with Crippen LogP contribution >= 0.6 is 0 Å². The highest BCUT2D eigenvalue weighted by atomic mass is 19.1. The molecule has 4 N–H and O–H groups in total. The van der Waals surface area contributed by atoms with Crippen LogP contribution in [0.15, 0.2) is 24.5 Å². The van der Waals surface area contributed by atoms with Gasteiger partial charge in [0.25, 0.3) is 0 Å². The van der Waals surface area contributed by atoms with Gasteiger partial charge in [-0.2, -0.15) is 5.26 Å². The molecule has 1 heterocycles. The summed E-state index contributed by atoms with van der Waals surface area (Å²) in [6.07, 6.45) is 1.03. The van der Waals surface area contributed by atoms with Crippen LogP contribution < -0.4 is 16.6 Å². The van der Waals surface area contributed by atoms with Crippen LogP contribution in [0.1, 0.15) is 5.56 Å². The van der Waals surface area contributed by atoms with Crippen molar-refractivity contribution in [2.45, 2.75) is 0 Å². The number of hydrogen-bond acceptors (Lipinski definition) is 8. The summed E-state index contributed by atoms with van der Waals surface area (Å²) in [6.45, 7) is 0. The first kappa shape index (κ1) is 14.1. The number of nitrogens with one attached hydrogen (secondary N) is 2. The molecule has 0 unspecified atom stereocenters. The number of nitrogens with zero attached hydrogens (tertiary/aromatic N) is 4. The monoisotopic (exact) mass is 289 g/mol. The third kappa shape index (κ3) is 2.82. The molecular weight excluding hydrogens is 281 g/mol. The van der Waals surface area contributed by atoms with Gasteiger partial charge in [-0.05, 0) is 18.2 Å². The Balaban J connectivity index is 2.45. The molecule has 2 rings (SSSR count). The van der Waals surface area contributed by atoms with E-state index in [1.165, 1.54) is 12.1 Å². The number of aromatic nitrogens is 2. The fraction of sp³-hybridized carbons (Fsp3) is 0. The number of halogens is 1. The van der Waals surface area contributed by atoms with Gasteiger partial charge in [0.05, 0.1) is 22.2 Å². The van der Waals surface area contributed by atoms with E-state index in [-0.39, 0.29) is 22.9 Å². The average molecular weight is 289 g/mol. The number of hydrazine groups is 1. The number of nitriles is 1. The predicted molar refractivity (Wildman–Crippen MR) is 70.9 cm³/mol. The summed E-state index contributed by atoms with van der Waals surface area (Å²) in [7, 11) is 0. The minimum absolute atomic E-state index is 0.0706. The standard InChI is InChI=1S/C11H8FN7O2/c12-7-3-6(4-13)1-2-8(7)17-10-9(19(20)21)11(18-14)16-5-15-10/h1-3,5H,14H2,(H2,15,16,17,18). The predicted octanol–water partition coefficient (Wildman–Crippen LogP) is 1.42. The summed E-state index contributed by atoms with van der Waals surface area (Å²) >= 11 is 0. The molecule has 0 spiro atoms. The van der Waals surface area contributed by atoms with E-state index in [1.807, 2.05) is 0 Å².